The quantitative estimate of drug-likeness (QED) is 0.772. The van der Waals surface area contributed by atoms with Crippen molar-refractivity contribution < 1.29 is 14.7 Å². The summed E-state index contributed by atoms with van der Waals surface area (Å²) < 4.78 is 1.79. The predicted octanol–water partition coefficient (Wildman–Crippen LogP) is 2.66. The van der Waals surface area contributed by atoms with Gasteiger partial charge in [-0.15, -0.1) is 0 Å². The van der Waals surface area contributed by atoms with Gasteiger partial charge in [0.25, 0.3) is 5.91 Å². The molecule has 0 radical (unpaired) electrons. The molecule has 1 N–H and O–H groups in total. The van der Waals surface area contributed by atoms with Gasteiger partial charge in [0, 0.05) is 30.6 Å². The fourth-order valence-electron chi connectivity index (χ4n) is 3.56. The Morgan fingerprint density at radius 2 is 1.93 bits per heavy atom. The molecule has 1 amide bonds. The maximum atomic E-state index is 13.1. The minimum Gasteiger partial charge on any atom is -0.480 e. The minimum atomic E-state index is -1.00. The number of carbonyl (C=O) groups excluding carboxylic acids is 1. The van der Waals surface area contributed by atoms with E-state index in [-0.39, 0.29) is 18.5 Å². The normalized spacial score (nSPS) is 16.6. The molecule has 1 aliphatic heterocycles. The number of benzene rings is 1. The Hall–Kier alpha value is -3.22. The smallest absolute Gasteiger partial charge is 0.326 e. The van der Waals surface area contributed by atoms with Crippen LogP contribution < -0.4 is 0 Å². The summed E-state index contributed by atoms with van der Waals surface area (Å²) >= 11 is 0. The number of carbonyl (C=O) groups is 2. The Labute approximate surface area is 156 Å². The number of rotatable bonds is 3. The largest absolute Gasteiger partial charge is 0.480 e. The van der Waals surface area contributed by atoms with Gasteiger partial charge >= 0.3 is 5.97 Å². The molecule has 3 heterocycles. The average Bonchev–Trinajstić information content (AvgIpc) is 3.09. The maximum absolute atomic E-state index is 13.1. The van der Waals surface area contributed by atoms with Gasteiger partial charge in [-0.3, -0.25) is 4.79 Å². The van der Waals surface area contributed by atoms with Gasteiger partial charge in [0.05, 0.1) is 11.8 Å². The van der Waals surface area contributed by atoms with E-state index in [0.717, 1.165) is 16.5 Å². The molecular formula is C20H20N4O3. The molecule has 7 nitrogen and oxygen atoms in total. The SMILES string of the molecule is CC(C)n1ncc2cc(C(=O)N3Cc4ccccc4CC3C(=O)O)cnc21. The van der Waals surface area contributed by atoms with Crippen molar-refractivity contribution in [2.24, 2.45) is 0 Å². The van der Waals surface area contributed by atoms with Gasteiger partial charge in [-0.25, -0.2) is 14.5 Å². The van der Waals surface area contributed by atoms with Crippen LogP contribution in [0.15, 0.2) is 42.7 Å². The Morgan fingerprint density at radius 1 is 1.19 bits per heavy atom. The second-order valence-electron chi connectivity index (χ2n) is 7.08. The third-order valence-electron chi connectivity index (χ3n) is 4.96. The number of hydrogen-bond acceptors (Lipinski definition) is 4. The van der Waals surface area contributed by atoms with Gasteiger partial charge in [0.2, 0.25) is 0 Å². The zero-order valence-corrected chi connectivity index (χ0v) is 15.2. The van der Waals surface area contributed by atoms with Crippen molar-refractivity contribution in [2.75, 3.05) is 0 Å². The van der Waals surface area contributed by atoms with Gasteiger partial charge in [-0.1, -0.05) is 24.3 Å². The van der Waals surface area contributed by atoms with Crippen LogP contribution in [0.1, 0.15) is 41.4 Å². The lowest BCUT2D eigenvalue weighted by atomic mass is 9.93. The zero-order valence-electron chi connectivity index (χ0n) is 15.2. The van der Waals surface area contributed by atoms with Crippen LogP contribution >= 0.6 is 0 Å². The van der Waals surface area contributed by atoms with Crippen molar-refractivity contribution in [1.82, 2.24) is 19.7 Å². The summed E-state index contributed by atoms with van der Waals surface area (Å²) in [6.45, 7) is 4.29. The first-order valence-electron chi connectivity index (χ1n) is 8.89. The second kappa shape index (κ2) is 6.50. The van der Waals surface area contributed by atoms with E-state index in [1.807, 2.05) is 38.1 Å². The van der Waals surface area contributed by atoms with E-state index >= 15 is 0 Å². The van der Waals surface area contributed by atoms with Gasteiger partial charge in [0.15, 0.2) is 5.65 Å². The highest BCUT2D eigenvalue weighted by Crippen LogP contribution is 2.26. The van der Waals surface area contributed by atoms with Crippen LogP contribution in [0.5, 0.6) is 0 Å². The fourth-order valence-corrected chi connectivity index (χ4v) is 3.56. The third kappa shape index (κ3) is 2.95. The van der Waals surface area contributed by atoms with E-state index in [9.17, 15) is 14.7 Å². The molecule has 1 atom stereocenters. The number of amides is 1. The number of nitrogens with zero attached hydrogens (tertiary/aromatic N) is 4. The monoisotopic (exact) mass is 364 g/mol. The van der Waals surface area contributed by atoms with E-state index in [4.69, 9.17) is 0 Å². The number of hydrogen-bond donors (Lipinski definition) is 1. The lowest BCUT2D eigenvalue weighted by Crippen LogP contribution is -2.48. The highest BCUT2D eigenvalue weighted by Gasteiger charge is 2.35. The molecule has 3 aromatic rings. The van der Waals surface area contributed by atoms with Crippen LogP contribution in [-0.2, 0) is 17.8 Å². The van der Waals surface area contributed by atoms with Gasteiger partial charge < -0.3 is 10.0 Å². The van der Waals surface area contributed by atoms with E-state index in [1.165, 1.54) is 11.1 Å². The molecule has 0 saturated carbocycles. The highest BCUT2D eigenvalue weighted by molar-refractivity contribution is 5.99. The fraction of sp³-hybridized carbons (Fsp3) is 0.300. The molecule has 1 aliphatic rings. The maximum Gasteiger partial charge on any atom is 0.326 e. The predicted molar refractivity (Wildman–Crippen MR) is 99.4 cm³/mol. The van der Waals surface area contributed by atoms with Gasteiger partial charge in [-0.2, -0.15) is 5.10 Å². The van der Waals surface area contributed by atoms with Gasteiger partial charge in [-0.05, 0) is 31.0 Å². The van der Waals surface area contributed by atoms with Crippen molar-refractivity contribution in [3.8, 4) is 0 Å². The summed E-state index contributed by atoms with van der Waals surface area (Å²) in [4.78, 5) is 30.7. The molecule has 1 aromatic carbocycles. The first-order chi connectivity index (χ1) is 13.0. The minimum absolute atomic E-state index is 0.159. The number of carboxylic acids is 1. The van der Waals surface area contributed by atoms with Crippen LogP contribution in [0, 0.1) is 0 Å². The molecule has 0 spiro atoms. The van der Waals surface area contributed by atoms with Crippen LogP contribution in [0.3, 0.4) is 0 Å². The molecule has 0 saturated heterocycles. The number of fused-ring (bicyclic) bond motifs is 2. The van der Waals surface area contributed by atoms with Crippen molar-refractivity contribution in [3.05, 3.63) is 59.4 Å². The third-order valence-corrected chi connectivity index (χ3v) is 4.96. The molecular weight excluding hydrogens is 344 g/mol. The Bertz CT molecular complexity index is 1040. The lowest BCUT2D eigenvalue weighted by Gasteiger charge is -2.34. The highest BCUT2D eigenvalue weighted by atomic mass is 16.4. The van der Waals surface area contributed by atoms with Gasteiger partial charge in [0.1, 0.15) is 6.04 Å². The lowest BCUT2D eigenvalue weighted by molar-refractivity contribution is -0.142. The topological polar surface area (TPSA) is 88.3 Å². The Balaban J connectivity index is 1.70. The summed E-state index contributed by atoms with van der Waals surface area (Å²) in [5.41, 5.74) is 3.03. The molecule has 27 heavy (non-hydrogen) atoms. The molecule has 2 aromatic heterocycles. The number of aliphatic carboxylic acids is 1. The van der Waals surface area contributed by atoms with Crippen LogP contribution in [0.4, 0.5) is 0 Å². The summed E-state index contributed by atoms with van der Waals surface area (Å²) in [6.07, 6.45) is 3.49. The summed E-state index contributed by atoms with van der Waals surface area (Å²) in [5.74, 6) is -1.33. The van der Waals surface area contributed by atoms with Crippen molar-refractivity contribution >= 4 is 22.9 Å². The Morgan fingerprint density at radius 3 is 2.63 bits per heavy atom. The average molecular weight is 364 g/mol. The number of carboxylic acid groups (broad SMARTS) is 1. The number of pyridine rings is 1. The van der Waals surface area contributed by atoms with Crippen LogP contribution in [0.2, 0.25) is 0 Å². The standard InChI is InChI=1S/C20H20N4O3/c1-12(2)24-18-15(10-22-24)7-16(9-21-18)19(25)23-11-14-6-4-3-5-13(14)8-17(23)20(26)27/h3-7,9-10,12,17H,8,11H2,1-2H3,(H,26,27). The molecule has 138 valence electrons. The Kier molecular flexibility index (Phi) is 4.14. The van der Waals surface area contributed by atoms with E-state index in [1.54, 1.807) is 16.9 Å². The van der Waals surface area contributed by atoms with E-state index in [2.05, 4.69) is 10.1 Å². The van der Waals surface area contributed by atoms with Crippen molar-refractivity contribution in [1.29, 1.82) is 0 Å². The van der Waals surface area contributed by atoms with Crippen LogP contribution in [-0.4, -0.2) is 42.7 Å². The van der Waals surface area contributed by atoms with E-state index in [0.29, 0.717) is 17.6 Å². The molecule has 1 unspecified atom stereocenters. The first kappa shape index (κ1) is 17.2. The molecule has 7 heteroatoms. The van der Waals surface area contributed by atoms with Crippen molar-refractivity contribution in [3.63, 3.8) is 0 Å². The molecule has 0 fully saturated rings. The van der Waals surface area contributed by atoms with Crippen LogP contribution in [0.25, 0.3) is 11.0 Å². The summed E-state index contributed by atoms with van der Waals surface area (Å²) in [5, 5.41) is 14.7. The first-order valence-corrected chi connectivity index (χ1v) is 8.89. The zero-order chi connectivity index (χ0) is 19.1. The van der Waals surface area contributed by atoms with Crippen molar-refractivity contribution in [2.45, 2.75) is 38.9 Å². The molecule has 0 aliphatic carbocycles. The second-order valence-corrected chi connectivity index (χ2v) is 7.08. The van der Waals surface area contributed by atoms with E-state index < -0.39 is 12.0 Å². The number of aromatic nitrogens is 3. The molecule has 4 rings (SSSR count). The molecule has 0 bridgehead atoms. The summed E-state index contributed by atoms with van der Waals surface area (Å²) in [7, 11) is 0. The summed E-state index contributed by atoms with van der Waals surface area (Å²) in [6, 6.07) is 8.64.